The zero-order chi connectivity index (χ0) is 15.6. The van der Waals surface area contributed by atoms with Crippen LogP contribution in [0.4, 0.5) is 13.2 Å². The van der Waals surface area contributed by atoms with Crippen molar-refractivity contribution >= 4 is 29.9 Å². The van der Waals surface area contributed by atoms with E-state index >= 15 is 0 Å². The van der Waals surface area contributed by atoms with E-state index < -0.39 is 12.6 Å². The van der Waals surface area contributed by atoms with Gasteiger partial charge in [-0.15, -0.1) is 24.0 Å². The largest absolute Gasteiger partial charge is 0.389 e. The van der Waals surface area contributed by atoms with Crippen LogP contribution < -0.4 is 10.6 Å². The van der Waals surface area contributed by atoms with Gasteiger partial charge in [-0.25, -0.2) is 0 Å². The number of guanidine groups is 1. The summed E-state index contributed by atoms with van der Waals surface area (Å²) in [5, 5.41) is 6.16. The number of unbranched alkanes of at least 4 members (excludes halogenated alkanes) is 1. The molecule has 0 fully saturated rings. The van der Waals surface area contributed by atoms with Gasteiger partial charge in [0.05, 0.1) is 0 Å². The molecule has 0 aliphatic heterocycles. The fourth-order valence-electron chi connectivity index (χ4n) is 1.85. The molecule has 1 aromatic rings. The van der Waals surface area contributed by atoms with E-state index in [9.17, 15) is 13.2 Å². The van der Waals surface area contributed by atoms with Crippen molar-refractivity contribution in [2.24, 2.45) is 4.99 Å². The van der Waals surface area contributed by atoms with Crippen LogP contribution in [0.3, 0.4) is 0 Å². The number of hydrogen-bond donors (Lipinski definition) is 2. The molecule has 1 rings (SSSR count). The number of hydrogen-bond acceptors (Lipinski definition) is 1. The zero-order valence-corrected chi connectivity index (χ0v) is 14.9. The normalized spacial score (nSPS) is 11.7. The van der Waals surface area contributed by atoms with Gasteiger partial charge in [0.25, 0.3) is 0 Å². The molecule has 0 aliphatic carbocycles. The second-order valence-corrected chi connectivity index (χ2v) is 4.73. The Morgan fingerprint density at radius 3 is 2.27 bits per heavy atom. The van der Waals surface area contributed by atoms with E-state index in [2.05, 4.69) is 27.8 Å². The lowest BCUT2D eigenvalue weighted by Gasteiger charge is -2.12. The van der Waals surface area contributed by atoms with Crippen molar-refractivity contribution in [2.75, 3.05) is 20.1 Å². The molecular weight excluding hydrogens is 406 g/mol. The first kappa shape index (κ1) is 21.0. The summed E-state index contributed by atoms with van der Waals surface area (Å²) in [6.45, 7) is 1.22. The van der Waals surface area contributed by atoms with Crippen molar-refractivity contribution in [3.8, 4) is 0 Å². The molecule has 0 heterocycles. The van der Waals surface area contributed by atoms with E-state index in [1.54, 1.807) is 7.05 Å². The maximum Gasteiger partial charge on any atom is 0.389 e. The minimum Gasteiger partial charge on any atom is -0.356 e. The summed E-state index contributed by atoms with van der Waals surface area (Å²) in [5.41, 5.74) is 1.23. The van der Waals surface area contributed by atoms with Crippen molar-refractivity contribution in [3.63, 3.8) is 0 Å². The molecule has 0 amide bonds. The van der Waals surface area contributed by atoms with Gasteiger partial charge in [0.2, 0.25) is 0 Å². The molecule has 126 valence electrons. The molecule has 0 atom stereocenters. The lowest BCUT2D eigenvalue weighted by Crippen LogP contribution is -2.38. The molecule has 0 saturated carbocycles. The van der Waals surface area contributed by atoms with Gasteiger partial charge in [-0.05, 0) is 24.8 Å². The van der Waals surface area contributed by atoms with Crippen LogP contribution in [0.25, 0.3) is 0 Å². The molecule has 0 bridgehead atoms. The van der Waals surface area contributed by atoms with Gasteiger partial charge in [-0.2, -0.15) is 13.2 Å². The third kappa shape index (κ3) is 10.7. The average molecular weight is 429 g/mol. The first-order valence-electron chi connectivity index (χ1n) is 7.06. The Kier molecular flexibility index (Phi) is 11.0. The summed E-state index contributed by atoms with van der Waals surface area (Å²) >= 11 is 0. The number of nitrogens with zero attached hydrogens (tertiary/aromatic N) is 1. The second kappa shape index (κ2) is 11.6. The highest BCUT2D eigenvalue weighted by atomic mass is 127. The van der Waals surface area contributed by atoms with Gasteiger partial charge in [-0.1, -0.05) is 30.3 Å². The van der Waals surface area contributed by atoms with Gasteiger partial charge in [0, 0.05) is 26.6 Å². The summed E-state index contributed by atoms with van der Waals surface area (Å²) in [4.78, 5) is 4.04. The monoisotopic (exact) mass is 429 g/mol. The topological polar surface area (TPSA) is 36.4 Å². The summed E-state index contributed by atoms with van der Waals surface area (Å²) in [5.74, 6) is 0.623. The zero-order valence-electron chi connectivity index (χ0n) is 12.6. The Morgan fingerprint density at radius 2 is 1.68 bits per heavy atom. The first-order valence-corrected chi connectivity index (χ1v) is 7.06. The molecule has 0 saturated heterocycles. The molecule has 7 heteroatoms. The van der Waals surface area contributed by atoms with Crippen LogP contribution in [0.2, 0.25) is 0 Å². The number of aliphatic imine (C=N–C) groups is 1. The van der Waals surface area contributed by atoms with Crippen LogP contribution in [0.1, 0.15) is 24.8 Å². The number of halogens is 4. The molecule has 0 aromatic heterocycles. The van der Waals surface area contributed by atoms with Crippen LogP contribution in [0.5, 0.6) is 0 Å². The molecule has 3 nitrogen and oxygen atoms in total. The third-order valence-corrected chi connectivity index (χ3v) is 2.95. The Labute approximate surface area is 146 Å². The van der Waals surface area contributed by atoms with Gasteiger partial charge >= 0.3 is 6.18 Å². The highest BCUT2D eigenvalue weighted by Gasteiger charge is 2.25. The van der Waals surface area contributed by atoms with E-state index in [0.717, 1.165) is 13.0 Å². The van der Waals surface area contributed by atoms with Crippen molar-refractivity contribution in [2.45, 2.75) is 31.9 Å². The Hall–Kier alpha value is -0.990. The summed E-state index contributed by atoms with van der Waals surface area (Å²) < 4.78 is 35.9. The van der Waals surface area contributed by atoms with E-state index in [-0.39, 0.29) is 30.4 Å². The van der Waals surface area contributed by atoms with Crippen LogP contribution in [0, 0.1) is 0 Å². The van der Waals surface area contributed by atoms with Gasteiger partial charge in [0.15, 0.2) is 5.96 Å². The maximum absolute atomic E-state index is 12.0. The number of nitrogens with one attached hydrogen (secondary N) is 2. The second-order valence-electron chi connectivity index (χ2n) is 4.73. The number of alkyl halides is 3. The smallest absolute Gasteiger partial charge is 0.356 e. The fraction of sp³-hybridized carbons (Fsp3) is 0.533. The first-order chi connectivity index (χ1) is 10.0. The standard InChI is InChI=1S/C15H22F3N3.HI/c1-19-14(20-11-6-5-10-15(16,17)18)21-12-9-13-7-3-2-4-8-13;/h2-4,7-8H,5-6,9-12H2,1H3,(H2,19,20,21);1H. The molecule has 2 N–H and O–H groups in total. The molecule has 0 unspecified atom stereocenters. The van der Waals surface area contributed by atoms with Crippen LogP contribution in [-0.4, -0.2) is 32.3 Å². The Morgan fingerprint density at radius 1 is 1.05 bits per heavy atom. The highest BCUT2D eigenvalue weighted by molar-refractivity contribution is 14.0. The molecule has 0 aliphatic rings. The number of rotatable bonds is 7. The predicted octanol–water partition coefficient (Wildman–Crippen LogP) is 3.74. The van der Waals surface area contributed by atoms with Crippen molar-refractivity contribution in [3.05, 3.63) is 35.9 Å². The van der Waals surface area contributed by atoms with Gasteiger partial charge < -0.3 is 10.6 Å². The van der Waals surface area contributed by atoms with Gasteiger partial charge in [-0.3, -0.25) is 4.99 Å². The highest BCUT2D eigenvalue weighted by Crippen LogP contribution is 2.21. The average Bonchev–Trinajstić information content (AvgIpc) is 2.45. The molecular formula is C15H23F3IN3. The van der Waals surface area contributed by atoms with Crippen LogP contribution in [-0.2, 0) is 6.42 Å². The third-order valence-electron chi connectivity index (χ3n) is 2.95. The molecule has 0 radical (unpaired) electrons. The lowest BCUT2D eigenvalue weighted by atomic mass is 10.1. The summed E-state index contributed by atoms with van der Waals surface area (Å²) in [7, 11) is 1.65. The SMILES string of the molecule is CN=C(NCCCCC(F)(F)F)NCCc1ccccc1.I. The van der Waals surface area contributed by atoms with E-state index in [1.807, 2.05) is 18.2 Å². The van der Waals surface area contributed by atoms with Crippen molar-refractivity contribution < 1.29 is 13.2 Å². The molecule has 1 aromatic carbocycles. The van der Waals surface area contributed by atoms with Crippen LogP contribution >= 0.6 is 24.0 Å². The van der Waals surface area contributed by atoms with E-state index in [4.69, 9.17) is 0 Å². The number of benzene rings is 1. The quantitative estimate of drug-likeness (QED) is 0.300. The van der Waals surface area contributed by atoms with Gasteiger partial charge in [0.1, 0.15) is 0 Å². The summed E-state index contributed by atoms with van der Waals surface area (Å²) in [6.07, 6.45) is -3.31. The summed E-state index contributed by atoms with van der Waals surface area (Å²) in [6, 6.07) is 10.1. The van der Waals surface area contributed by atoms with Crippen molar-refractivity contribution in [1.82, 2.24) is 10.6 Å². The van der Waals surface area contributed by atoms with Crippen LogP contribution in [0.15, 0.2) is 35.3 Å². The Balaban J connectivity index is 0.00000441. The minimum atomic E-state index is -4.06. The van der Waals surface area contributed by atoms with Crippen molar-refractivity contribution in [1.29, 1.82) is 0 Å². The molecule has 22 heavy (non-hydrogen) atoms. The molecule has 0 spiro atoms. The van der Waals surface area contributed by atoms with E-state index in [1.165, 1.54) is 5.56 Å². The lowest BCUT2D eigenvalue weighted by molar-refractivity contribution is -0.135. The fourth-order valence-corrected chi connectivity index (χ4v) is 1.85. The maximum atomic E-state index is 12.0. The van der Waals surface area contributed by atoms with E-state index in [0.29, 0.717) is 18.9 Å². The Bertz CT molecular complexity index is 422. The minimum absolute atomic E-state index is 0. The predicted molar refractivity (Wildman–Crippen MR) is 94.8 cm³/mol.